The van der Waals surface area contributed by atoms with Crippen LogP contribution in [0.2, 0.25) is 0 Å². The average Bonchev–Trinajstić information content (AvgIpc) is 3.52. The first-order valence-corrected chi connectivity index (χ1v) is 13.4. The summed E-state index contributed by atoms with van der Waals surface area (Å²) in [4.78, 5) is 26.1. The minimum absolute atomic E-state index is 0.00520. The molecule has 2 N–H and O–H groups in total. The van der Waals surface area contributed by atoms with E-state index in [0.29, 0.717) is 34.8 Å². The lowest BCUT2D eigenvalue weighted by Gasteiger charge is -2.36. The Balaban J connectivity index is 1.41. The number of thiophene rings is 1. The maximum absolute atomic E-state index is 12.7. The zero-order valence-electron chi connectivity index (χ0n) is 19.4. The van der Waals surface area contributed by atoms with E-state index < -0.39 is 0 Å². The van der Waals surface area contributed by atoms with Crippen molar-refractivity contribution >= 4 is 34.0 Å². The van der Waals surface area contributed by atoms with Crippen LogP contribution in [0.5, 0.6) is 0 Å². The molecule has 2 aromatic heterocycles. The van der Waals surface area contributed by atoms with E-state index in [9.17, 15) is 14.9 Å². The van der Waals surface area contributed by atoms with E-state index in [1.807, 2.05) is 0 Å². The molecule has 2 atom stereocenters. The number of aromatic nitrogens is 3. The van der Waals surface area contributed by atoms with E-state index in [0.717, 1.165) is 44.1 Å². The van der Waals surface area contributed by atoms with Crippen LogP contribution in [0.3, 0.4) is 0 Å². The molecule has 0 aromatic carbocycles. The number of anilines is 1. The number of ether oxygens (including phenoxy) is 1. The summed E-state index contributed by atoms with van der Waals surface area (Å²) >= 11 is 2.75. The van der Waals surface area contributed by atoms with Crippen LogP contribution >= 0.6 is 23.1 Å². The number of nitrogens with one attached hydrogen (secondary N) is 2. The van der Waals surface area contributed by atoms with Crippen molar-refractivity contribution in [3.8, 4) is 6.07 Å². The van der Waals surface area contributed by atoms with Crippen molar-refractivity contribution in [2.75, 3.05) is 17.7 Å². The third-order valence-electron chi connectivity index (χ3n) is 7.11. The fourth-order valence-electron chi connectivity index (χ4n) is 4.61. The minimum Gasteiger partial charge on any atom is -0.376 e. The highest BCUT2D eigenvalue weighted by atomic mass is 32.2. The molecule has 1 saturated heterocycles. The molecule has 2 aromatic rings. The highest BCUT2D eigenvalue weighted by molar-refractivity contribution is 7.99. The standard InChI is InChI=1S/C23H31N5O3S2/c1-4-23(2,3)14-7-8-16-17(11-24)20(33-18(16)10-14)25-19(29)13-32-22-27-26-21(30)28(22)12-15-6-5-9-31-15/h14-15H,4-10,12-13H2,1-3H3,(H,25,29)(H,26,30). The van der Waals surface area contributed by atoms with E-state index in [4.69, 9.17) is 4.74 Å². The summed E-state index contributed by atoms with van der Waals surface area (Å²) in [7, 11) is 0. The topological polar surface area (TPSA) is 113 Å². The van der Waals surface area contributed by atoms with Crippen LogP contribution in [-0.2, 0) is 28.9 Å². The van der Waals surface area contributed by atoms with Gasteiger partial charge in [-0.15, -0.1) is 16.4 Å². The molecule has 1 fully saturated rings. The van der Waals surface area contributed by atoms with E-state index in [1.165, 1.54) is 32.5 Å². The molecule has 2 aliphatic rings. The fourth-order valence-corrected chi connectivity index (χ4v) is 6.66. The number of hydrogen-bond acceptors (Lipinski definition) is 7. The monoisotopic (exact) mass is 489 g/mol. The number of fused-ring (bicyclic) bond motifs is 1. The number of aromatic amines is 1. The molecule has 0 bridgehead atoms. The van der Waals surface area contributed by atoms with Gasteiger partial charge in [-0.05, 0) is 49.0 Å². The van der Waals surface area contributed by atoms with Crippen molar-refractivity contribution in [1.82, 2.24) is 14.8 Å². The van der Waals surface area contributed by atoms with Crippen molar-refractivity contribution in [1.29, 1.82) is 5.26 Å². The van der Waals surface area contributed by atoms with Crippen molar-refractivity contribution in [3.63, 3.8) is 0 Å². The first-order chi connectivity index (χ1) is 15.8. The normalized spacial score (nSPS) is 20.4. The van der Waals surface area contributed by atoms with Crippen LogP contribution in [0.15, 0.2) is 9.95 Å². The lowest BCUT2D eigenvalue weighted by molar-refractivity contribution is -0.113. The Morgan fingerprint density at radius 3 is 2.97 bits per heavy atom. The first kappa shape index (κ1) is 24.0. The number of amides is 1. The summed E-state index contributed by atoms with van der Waals surface area (Å²) in [5.74, 6) is 0.480. The summed E-state index contributed by atoms with van der Waals surface area (Å²) in [6.07, 6.45) is 5.95. The van der Waals surface area contributed by atoms with Crippen LogP contribution in [0, 0.1) is 22.7 Å². The molecule has 8 nitrogen and oxygen atoms in total. The van der Waals surface area contributed by atoms with Gasteiger partial charge in [0, 0.05) is 11.5 Å². The van der Waals surface area contributed by atoms with Gasteiger partial charge in [0.05, 0.1) is 24.0 Å². The molecule has 1 aliphatic heterocycles. The molecule has 33 heavy (non-hydrogen) atoms. The second-order valence-corrected chi connectivity index (χ2v) is 11.5. The zero-order valence-corrected chi connectivity index (χ0v) is 21.0. The number of nitriles is 1. The van der Waals surface area contributed by atoms with E-state index in [2.05, 4.69) is 42.4 Å². The van der Waals surface area contributed by atoms with Gasteiger partial charge in [-0.1, -0.05) is 39.0 Å². The van der Waals surface area contributed by atoms with Crippen molar-refractivity contribution in [2.24, 2.45) is 11.3 Å². The minimum atomic E-state index is -0.296. The van der Waals surface area contributed by atoms with E-state index >= 15 is 0 Å². The Bertz CT molecular complexity index is 1100. The zero-order chi connectivity index (χ0) is 23.6. The number of hydrogen-bond donors (Lipinski definition) is 2. The fraction of sp³-hybridized carbons (Fsp3) is 0.652. The van der Waals surface area contributed by atoms with E-state index in [-0.39, 0.29) is 28.9 Å². The van der Waals surface area contributed by atoms with Crippen molar-refractivity contribution in [3.05, 3.63) is 26.5 Å². The molecule has 3 heterocycles. The lowest BCUT2D eigenvalue weighted by atomic mass is 9.69. The smallest absolute Gasteiger partial charge is 0.344 e. The van der Waals surface area contributed by atoms with Gasteiger partial charge in [-0.2, -0.15) is 5.26 Å². The molecule has 1 amide bonds. The Morgan fingerprint density at radius 2 is 2.27 bits per heavy atom. The molecular formula is C23H31N5O3S2. The van der Waals surface area contributed by atoms with Gasteiger partial charge in [-0.3, -0.25) is 9.36 Å². The Labute approximate surface area is 202 Å². The van der Waals surface area contributed by atoms with Gasteiger partial charge in [0.15, 0.2) is 5.16 Å². The lowest BCUT2D eigenvalue weighted by Crippen LogP contribution is -2.28. The molecule has 10 heteroatoms. The number of rotatable bonds is 8. The van der Waals surface area contributed by atoms with Gasteiger partial charge in [-0.25, -0.2) is 9.89 Å². The number of H-pyrrole nitrogens is 1. The van der Waals surface area contributed by atoms with Gasteiger partial charge in [0.2, 0.25) is 5.91 Å². The predicted molar refractivity (Wildman–Crippen MR) is 130 cm³/mol. The van der Waals surface area contributed by atoms with Crippen LogP contribution < -0.4 is 11.0 Å². The Kier molecular flexibility index (Phi) is 7.31. The molecule has 0 saturated carbocycles. The van der Waals surface area contributed by atoms with Gasteiger partial charge >= 0.3 is 5.69 Å². The highest BCUT2D eigenvalue weighted by Gasteiger charge is 2.34. The summed E-state index contributed by atoms with van der Waals surface area (Å²) < 4.78 is 7.16. The Hall–Kier alpha value is -2.09. The van der Waals surface area contributed by atoms with Gasteiger partial charge in [0.1, 0.15) is 11.1 Å². The molecule has 0 radical (unpaired) electrons. The average molecular weight is 490 g/mol. The second-order valence-electron chi connectivity index (χ2n) is 9.50. The van der Waals surface area contributed by atoms with Crippen molar-refractivity contribution < 1.29 is 9.53 Å². The summed E-state index contributed by atoms with van der Waals surface area (Å²) in [5, 5.41) is 20.4. The molecule has 178 valence electrons. The van der Waals surface area contributed by atoms with Crippen LogP contribution in [0.4, 0.5) is 5.00 Å². The summed E-state index contributed by atoms with van der Waals surface area (Å²) in [6.45, 7) is 8.01. The number of thioether (sulfide) groups is 1. The second kappa shape index (κ2) is 10.0. The summed E-state index contributed by atoms with van der Waals surface area (Å²) in [6, 6.07) is 2.32. The van der Waals surface area contributed by atoms with E-state index in [1.54, 1.807) is 0 Å². The highest BCUT2D eigenvalue weighted by Crippen LogP contribution is 2.45. The molecule has 4 rings (SSSR count). The third kappa shape index (κ3) is 5.20. The van der Waals surface area contributed by atoms with Gasteiger partial charge < -0.3 is 10.1 Å². The van der Waals surface area contributed by atoms with Gasteiger partial charge in [0.25, 0.3) is 0 Å². The number of carbonyl (C=O) groups excluding carboxylic acids is 1. The van der Waals surface area contributed by atoms with Crippen LogP contribution in [0.1, 0.15) is 62.5 Å². The van der Waals surface area contributed by atoms with Crippen LogP contribution in [0.25, 0.3) is 0 Å². The quantitative estimate of drug-likeness (QED) is 0.543. The first-order valence-electron chi connectivity index (χ1n) is 11.6. The third-order valence-corrected chi connectivity index (χ3v) is 9.26. The maximum Gasteiger partial charge on any atom is 0.344 e. The predicted octanol–water partition coefficient (Wildman–Crippen LogP) is 3.96. The molecular weight excluding hydrogens is 458 g/mol. The van der Waals surface area contributed by atoms with Crippen molar-refractivity contribution in [2.45, 2.75) is 77.1 Å². The maximum atomic E-state index is 12.7. The largest absolute Gasteiger partial charge is 0.376 e. The number of carbonyl (C=O) groups is 1. The SMILES string of the molecule is CCC(C)(C)C1CCc2c(sc(NC(=O)CSc3n[nH]c(=O)n3CC3CCCO3)c2C#N)C1. The molecule has 1 aliphatic carbocycles. The van der Waals surface area contributed by atoms with Crippen LogP contribution in [-0.4, -0.2) is 39.1 Å². The Morgan fingerprint density at radius 1 is 1.45 bits per heavy atom. The molecule has 0 spiro atoms. The summed E-state index contributed by atoms with van der Waals surface area (Å²) in [5.41, 5.74) is 1.68. The number of nitrogens with zero attached hydrogens (tertiary/aromatic N) is 3. The molecule has 2 unspecified atom stereocenters.